The number of hydrogen-bond acceptors (Lipinski definition) is 4. The van der Waals surface area contributed by atoms with Crippen molar-refractivity contribution in [2.45, 2.75) is 0 Å². The Morgan fingerprint density at radius 3 is 2.12 bits per heavy atom. The number of anilines is 4. The summed E-state index contributed by atoms with van der Waals surface area (Å²) in [6.45, 7) is 0. The molecule has 4 heteroatoms. The number of nitrogen functional groups attached to an aromatic ring is 2. The van der Waals surface area contributed by atoms with E-state index in [2.05, 4.69) is 5.32 Å². The molecular formula is C13H15N3O. The van der Waals surface area contributed by atoms with Gasteiger partial charge in [-0.3, -0.25) is 0 Å². The summed E-state index contributed by atoms with van der Waals surface area (Å²) >= 11 is 0. The van der Waals surface area contributed by atoms with E-state index < -0.39 is 0 Å². The number of ether oxygens (including phenoxy) is 1. The zero-order valence-electron chi connectivity index (χ0n) is 9.60. The molecule has 0 aliphatic heterocycles. The second-order valence-corrected chi connectivity index (χ2v) is 3.70. The lowest BCUT2D eigenvalue weighted by atomic mass is 10.2. The predicted molar refractivity (Wildman–Crippen MR) is 71.5 cm³/mol. The maximum atomic E-state index is 5.73. The minimum atomic E-state index is 0.573. The van der Waals surface area contributed by atoms with Crippen LogP contribution in [-0.4, -0.2) is 7.11 Å². The normalized spacial score (nSPS) is 9.94. The van der Waals surface area contributed by atoms with Crippen molar-refractivity contribution in [3.8, 4) is 5.75 Å². The van der Waals surface area contributed by atoms with E-state index in [1.807, 2.05) is 30.3 Å². The molecule has 0 spiro atoms. The number of benzene rings is 2. The van der Waals surface area contributed by atoms with Crippen LogP contribution in [0.3, 0.4) is 0 Å². The van der Waals surface area contributed by atoms with Gasteiger partial charge in [0, 0.05) is 11.4 Å². The summed E-state index contributed by atoms with van der Waals surface area (Å²) in [5.41, 5.74) is 14.4. The Morgan fingerprint density at radius 2 is 1.53 bits per heavy atom. The Labute approximate surface area is 100 Å². The molecule has 4 nitrogen and oxygen atoms in total. The molecule has 0 saturated heterocycles. The number of hydrogen-bond donors (Lipinski definition) is 3. The second-order valence-electron chi connectivity index (χ2n) is 3.70. The van der Waals surface area contributed by atoms with E-state index >= 15 is 0 Å². The van der Waals surface area contributed by atoms with Crippen LogP contribution >= 0.6 is 0 Å². The van der Waals surface area contributed by atoms with E-state index in [0.29, 0.717) is 11.4 Å². The molecule has 17 heavy (non-hydrogen) atoms. The molecule has 0 aliphatic carbocycles. The van der Waals surface area contributed by atoms with E-state index in [0.717, 1.165) is 17.1 Å². The number of nitrogens with one attached hydrogen (secondary N) is 1. The van der Waals surface area contributed by atoms with Crippen LogP contribution in [-0.2, 0) is 0 Å². The van der Waals surface area contributed by atoms with Crippen molar-refractivity contribution in [3.05, 3.63) is 42.5 Å². The Balaban J connectivity index is 2.16. The minimum absolute atomic E-state index is 0.573. The van der Waals surface area contributed by atoms with Gasteiger partial charge in [-0.15, -0.1) is 0 Å². The molecule has 5 N–H and O–H groups in total. The molecular weight excluding hydrogens is 214 g/mol. The van der Waals surface area contributed by atoms with Gasteiger partial charge in [0.2, 0.25) is 0 Å². The van der Waals surface area contributed by atoms with Crippen LogP contribution in [0.1, 0.15) is 0 Å². The van der Waals surface area contributed by atoms with Crippen molar-refractivity contribution >= 4 is 22.7 Å². The molecule has 0 amide bonds. The van der Waals surface area contributed by atoms with Crippen LogP contribution in [0.5, 0.6) is 5.75 Å². The van der Waals surface area contributed by atoms with Gasteiger partial charge in [-0.2, -0.15) is 0 Å². The Kier molecular flexibility index (Phi) is 3.05. The van der Waals surface area contributed by atoms with Gasteiger partial charge >= 0.3 is 0 Å². The van der Waals surface area contributed by atoms with Crippen LogP contribution in [0.25, 0.3) is 0 Å². The van der Waals surface area contributed by atoms with E-state index in [4.69, 9.17) is 16.2 Å². The van der Waals surface area contributed by atoms with Crippen molar-refractivity contribution in [1.82, 2.24) is 0 Å². The van der Waals surface area contributed by atoms with Gasteiger partial charge in [-0.25, -0.2) is 0 Å². The second kappa shape index (κ2) is 4.65. The summed E-state index contributed by atoms with van der Waals surface area (Å²) < 4.78 is 5.09. The molecule has 0 aliphatic rings. The summed E-state index contributed by atoms with van der Waals surface area (Å²) in [6.07, 6.45) is 0. The fraction of sp³-hybridized carbons (Fsp3) is 0.0769. The van der Waals surface area contributed by atoms with Crippen LogP contribution in [0.4, 0.5) is 22.7 Å². The quantitative estimate of drug-likeness (QED) is 0.707. The number of nitrogens with two attached hydrogens (primary N) is 2. The maximum absolute atomic E-state index is 5.73. The maximum Gasteiger partial charge on any atom is 0.119 e. The first-order valence-electron chi connectivity index (χ1n) is 5.25. The van der Waals surface area contributed by atoms with Crippen molar-refractivity contribution in [2.24, 2.45) is 0 Å². The zero-order valence-corrected chi connectivity index (χ0v) is 9.60. The minimum Gasteiger partial charge on any atom is -0.497 e. The summed E-state index contributed by atoms with van der Waals surface area (Å²) in [4.78, 5) is 0. The Bertz CT molecular complexity index is 509. The third-order valence-electron chi connectivity index (χ3n) is 2.47. The Morgan fingerprint density at radius 1 is 0.882 bits per heavy atom. The lowest BCUT2D eigenvalue weighted by Gasteiger charge is -2.09. The first-order valence-corrected chi connectivity index (χ1v) is 5.25. The zero-order chi connectivity index (χ0) is 12.3. The molecule has 0 fully saturated rings. The van der Waals surface area contributed by atoms with Crippen LogP contribution in [0, 0.1) is 0 Å². The fourth-order valence-electron chi connectivity index (χ4n) is 1.49. The van der Waals surface area contributed by atoms with Crippen LogP contribution in [0.15, 0.2) is 42.5 Å². The largest absolute Gasteiger partial charge is 0.497 e. The molecule has 2 aromatic carbocycles. The standard InChI is InChI=1S/C13H15N3O/c1-17-11-5-2-9(3-6-11)16-10-4-7-12(14)13(15)8-10/h2-8,16H,14-15H2,1H3. The summed E-state index contributed by atoms with van der Waals surface area (Å²) in [7, 11) is 1.64. The van der Waals surface area contributed by atoms with Crippen molar-refractivity contribution in [1.29, 1.82) is 0 Å². The van der Waals surface area contributed by atoms with E-state index in [1.165, 1.54) is 0 Å². The number of rotatable bonds is 3. The van der Waals surface area contributed by atoms with Crippen molar-refractivity contribution in [2.75, 3.05) is 23.9 Å². The molecule has 0 bridgehead atoms. The summed E-state index contributed by atoms with van der Waals surface area (Å²) in [5.74, 6) is 0.826. The molecule has 0 aromatic heterocycles. The highest BCUT2D eigenvalue weighted by Crippen LogP contribution is 2.24. The smallest absolute Gasteiger partial charge is 0.119 e. The molecule has 2 aromatic rings. The van der Waals surface area contributed by atoms with Gasteiger partial charge in [0.25, 0.3) is 0 Å². The predicted octanol–water partition coefficient (Wildman–Crippen LogP) is 2.60. The third-order valence-corrected chi connectivity index (χ3v) is 2.47. The van der Waals surface area contributed by atoms with Crippen LogP contribution in [0.2, 0.25) is 0 Å². The average Bonchev–Trinajstić information content (AvgIpc) is 2.35. The van der Waals surface area contributed by atoms with Gasteiger partial charge in [-0.1, -0.05) is 0 Å². The number of methoxy groups -OCH3 is 1. The van der Waals surface area contributed by atoms with Gasteiger partial charge < -0.3 is 21.5 Å². The summed E-state index contributed by atoms with van der Waals surface area (Å²) in [5, 5.41) is 3.23. The van der Waals surface area contributed by atoms with Crippen molar-refractivity contribution in [3.63, 3.8) is 0 Å². The van der Waals surface area contributed by atoms with Crippen LogP contribution < -0.4 is 21.5 Å². The molecule has 0 atom stereocenters. The molecule has 88 valence electrons. The SMILES string of the molecule is COc1ccc(Nc2ccc(N)c(N)c2)cc1. The summed E-state index contributed by atoms with van der Waals surface area (Å²) in [6, 6.07) is 13.1. The highest BCUT2D eigenvalue weighted by atomic mass is 16.5. The molecule has 0 unspecified atom stereocenters. The Hall–Kier alpha value is -2.36. The highest BCUT2D eigenvalue weighted by Gasteiger charge is 1.98. The topological polar surface area (TPSA) is 73.3 Å². The lowest BCUT2D eigenvalue weighted by molar-refractivity contribution is 0.415. The van der Waals surface area contributed by atoms with Crippen molar-refractivity contribution < 1.29 is 4.74 Å². The van der Waals surface area contributed by atoms with Gasteiger partial charge in [0.15, 0.2) is 0 Å². The van der Waals surface area contributed by atoms with E-state index in [9.17, 15) is 0 Å². The van der Waals surface area contributed by atoms with Gasteiger partial charge in [-0.05, 0) is 42.5 Å². The third kappa shape index (κ3) is 2.60. The van der Waals surface area contributed by atoms with Gasteiger partial charge in [0.05, 0.1) is 18.5 Å². The first-order chi connectivity index (χ1) is 8.19. The average molecular weight is 229 g/mol. The molecule has 0 saturated carbocycles. The van der Waals surface area contributed by atoms with E-state index in [-0.39, 0.29) is 0 Å². The molecule has 2 rings (SSSR count). The van der Waals surface area contributed by atoms with E-state index in [1.54, 1.807) is 19.2 Å². The molecule has 0 heterocycles. The van der Waals surface area contributed by atoms with Gasteiger partial charge in [0.1, 0.15) is 5.75 Å². The molecule has 0 radical (unpaired) electrons. The highest BCUT2D eigenvalue weighted by molar-refractivity contribution is 5.72. The monoisotopic (exact) mass is 229 g/mol. The first kappa shape index (κ1) is 11.1. The lowest BCUT2D eigenvalue weighted by Crippen LogP contribution is -1.96. The fourth-order valence-corrected chi connectivity index (χ4v) is 1.49.